The van der Waals surface area contributed by atoms with E-state index in [0.29, 0.717) is 42.3 Å². The Morgan fingerprint density at radius 3 is 2.54 bits per heavy atom. The lowest BCUT2D eigenvalue weighted by atomic mass is 10.1. The maximum Gasteiger partial charge on any atom is 0.251 e. The van der Waals surface area contributed by atoms with Gasteiger partial charge in [0.15, 0.2) is 11.5 Å². The molecule has 1 amide bonds. The molecule has 0 saturated carbocycles. The first-order chi connectivity index (χ1) is 13.4. The van der Waals surface area contributed by atoms with Crippen molar-refractivity contribution in [3.05, 3.63) is 53.6 Å². The predicted octanol–water partition coefficient (Wildman–Crippen LogP) is 3.18. The number of methoxy groups -OCH3 is 1. The Balaban J connectivity index is 2.04. The van der Waals surface area contributed by atoms with Crippen LogP contribution in [-0.4, -0.2) is 33.8 Å². The van der Waals surface area contributed by atoms with Gasteiger partial charge in [-0.25, -0.2) is 8.42 Å². The van der Waals surface area contributed by atoms with Crippen LogP contribution in [0.2, 0.25) is 0 Å². The van der Waals surface area contributed by atoms with E-state index in [1.54, 1.807) is 44.4 Å². The molecule has 0 aliphatic rings. The fraction of sp³-hybridized carbons (Fsp3) is 0.350. The number of anilines is 1. The van der Waals surface area contributed by atoms with Crippen molar-refractivity contribution in [1.29, 1.82) is 0 Å². The highest BCUT2D eigenvalue weighted by molar-refractivity contribution is 7.92. The van der Waals surface area contributed by atoms with Crippen molar-refractivity contribution in [3.63, 3.8) is 0 Å². The molecule has 0 fully saturated rings. The lowest BCUT2D eigenvalue weighted by Crippen LogP contribution is -2.23. The van der Waals surface area contributed by atoms with Gasteiger partial charge in [0.1, 0.15) is 0 Å². The maximum absolute atomic E-state index is 12.4. The average Bonchev–Trinajstić information content (AvgIpc) is 2.66. The highest BCUT2D eigenvalue weighted by Crippen LogP contribution is 2.28. The molecule has 0 aliphatic heterocycles. The largest absolute Gasteiger partial charge is 0.493 e. The molecular formula is C20H26N2O5S. The van der Waals surface area contributed by atoms with Gasteiger partial charge in [0.2, 0.25) is 10.0 Å². The molecule has 0 spiro atoms. The minimum Gasteiger partial charge on any atom is -0.493 e. The van der Waals surface area contributed by atoms with Crippen molar-refractivity contribution in [2.75, 3.05) is 24.2 Å². The van der Waals surface area contributed by atoms with E-state index in [2.05, 4.69) is 10.0 Å². The molecule has 152 valence electrons. The van der Waals surface area contributed by atoms with Crippen molar-refractivity contribution in [3.8, 4) is 11.5 Å². The summed E-state index contributed by atoms with van der Waals surface area (Å²) in [6.07, 6.45) is 0.515. The summed E-state index contributed by atoms with van der Waals surface area (Å²) in [6.45, 7) is 4.52. The number of hydrogen-bond acceptors (Lipinski definition) is 5. The topological polar surface area (TPSA) is 93.7 Å². The van der Waals surface area contributed by atoms with Gasteiger partial charge in [-0.3, -0.25) is 9.52 Å². The van der Waals surface area contributed by atoms with Crippen LogP contribution in [0.4, 0.5) is 5.69 Å². The van der Waals surface area contributed by atoms with Crippen LogP contribution in [0.25, 0.3) is 0 Å². The Labute approximate surface area is 166 Å². The Morgan fingerprint density at radius 2 is 1.86 bits per heavy atom. The van der Waals surface area contributed by atoms with Crippen molar-refractivity contribution in [1.82, 2.24) is 5.32 Å². The number of hydrogen-bond donors (Lipinski definition) is 2. The summed E-state index contributed by atoms with van der Waals surface area (Å²) >= 11 is 0. The molecule has 7 nitrogen and oxygen atoms in total. The summed E-state index contributed by atoms with van der Waals surface area (Å²) in [6, 6.07) is 11.9. The van der Waals surface area contributed by atoms with Gasteiger partial charge in [-0.05, 0) is 49.2 Å². The van der Waals surface area contributed by atoms with Crippen molar-refractivity contribution in [2.24, 2.45) is 0 Å². The molecule has 2 aromatic rings. The van der Waals surface area contributed by atoms with E-state index in [1.165, 1.54) is 6.07 Å². The monoisotopic (exact) mass is 406 g/mol. The zero-order valence-electron chi connectivity index (χ0n) is 16.3. The van der Waals surface area contributed by atoms with Crippen molar-refractivity contribution in [2.45, 2.75) is 26.8 Å². The summed E-state index contributed by atoms with van der Waals surface area (Å²) in [4.78, 5) is 12.4. The van der Waals surface area contributed by atoms with E-state index in [9.17, 15) is 13.2 Å². The highest BCUT2D eigenvalue weighted by atomic mass is 32.2. The van der Waals surface area contributed by atoms with Gasteiger partial charge in [0.25, 0.3) is 5.91 Å². The molecule has 28 heavy (non-hydrogen) atoms. The van der Waals surface area contributed by atoms with Crippen LogP contribution < -0.4 is 19.5 Å². The number of amides is 1. The van der Waals surface area contributed by atoms with Gasteiger partial charge >= 0.3 is 0 Å². The predicted molar refractivity (Wildman–Crippen MR) is 109 cm³/mol. The molecule has 0 bridgehead atoms. The Kier molecular flexibility index (Phi) is 7.69. The van der Waals surface area contributed by atoms with Crippen LogP contribution in [0.3, 0.4) is 0 Å². The Hall–Kier alpha value is -2.74. The number of carbonyl (C=O) groups is 1. The third kappa shape index (κ3) is 6.16. The molecule has 0 saturated heterocycles. The lowest BCUT2D eigenvalue weighted by Gasteiger charge is -2.12. The van der Waals surface area contributed by atoms with Gasteiger partial charge in [-0.2, -0.15) is 0 Å². The standard InChI is InChI=1S/C20H26N2O5S/c1-4-11-28(24,25)22-17-8-6-7-16(13-17)20(23)21-14-15-9-10-18(27-5-2)19(12-15)26-3/h6-10,12-13,22H,4-5,11,14H2,1-3H3,(H,21,23). The smallest absolute Gasteiger partial charge is 0.251 e. The van der Waals surface area contributed by atoms with Crippen LogP contribution in [-0.2, 0) is 16.6 Å². The third-order valence-corrected chi connectivity index (χ3v) is 5.34. The normalized spacial score (nSPS) is 11.0. The SMILES string of the molecule is CCCS(=O)(=O)Nc1cccc(C(=O)NCc2ccc(OCC)c(OC)c2)c1. The van der Waals surface area contributed by atoms with Gasteiger partial charge in [0.05, 0.1) is 19.5 Å². The first kappa shape index (κ1) is 21.6. The number of ether oxygens (including phenoxy) is 2. The first-order valence-electron chi connectivity index (χ1n) is 9.07. The van der Waals surface area contributed by atoms with E-state index < -0.39 is 10.0 Å². The molecule has 0 heterocycles. The molecule has 0 atom stereocenters. The van der Waals surface area contributed by atoms with E-state index in [0.717, 1.165) is 5.56 Å². The van der Waals surface area contributed by atoms with E-state index in [-0.39, 0.29) is 11.7 Å². The fourth-order valence-corrected chi connectivity index (χ4v) is 3.73. The third-order valence-electron chi connectivity index (χ3n) is 3.85. The minimum atomic E-state index is -3.41. The number of nitrogens with one attached hydrogen (secondary N) is 2. The van der Waals surface area contributed by atoms with Crippen LogP contribution in [0.15, 0.2) is 42.5 Å². The molecule has 0 aromatic heterocycles. The summed E-state index contributed by atoms with van der Waals surface area (Å²) < 4.78 is 37.1. The van der Waals surface area contributed by atoms with Crippen LogP contribution >= 0.6 is 0 Å². The molecule has 2 rings (SSSR count). The molecule has 0 radical (unpaired) electrons. The van der Waals surface area contributed by atoms with Crippen LogP contribution in [0.1, 0.15) is 36.2 Å². The molecule has 0 unspecified atom stereocenters. The zero-order chi connectivity index (χ0) is 20.6. The van der Waals surface area contributed by atoms with Crippen LogP contribution in [0, 0.1) is 0 Å². The molecule has 2 aromatic carbocycles. The lowest BCUT2D eigenvalue weighted by molar-refractivity contribution is 0.0951. The molecular weight excluding hydrogens is 380 g/mol. The van der Waals surface area contributed by atoms with Crippen molar-refractivity contribution >= 4 is 21.6 Å². The first-order valence-corrected chi connectivity index (χ1v) is 10.7. The quantitative estimate of drug-likeness (QED) is 0.632. The average molecular weight is 407 g/mol. The van der Waals surface area contributed by atoms with Gasteiger partial charge in [-0.15, -0.1) is 0 Å². The summed E-state index contributed by atoms with van der Waals surface area (Å²) in [7, 11) is -1.85. The second-order valence-electron chi connectivity index (χ2n) is 6.10. The maximum atomic E-state index is 12.4. The van der Waals surface area contributed by atoms with E-state index in [1.807, 2.05) is 13.0 Å². The second-order valence-corrected chi connectivity index (χ2v) is 7.94. The summed E-state index contributed by atoms with van der Waals surface area (Å²) in [5.41, 5.74) is 1.59. The summed E-state index contributed by atoms with van der Waals surface area (Å²) in [5, 5.41) is 2.82. The van der Waals surface area contributed by atoms with Gasteiger partial charge < -0.3 is 14.8 Å². The summed E-state index contributed by atoms with van der Waals surface area (Å²) in [5.74, 6) is 0.973. The van der Waals surface area contributed by atoms with E-state index in [4.69, 9.17) is 9.47 Å². The Morgan fingerprint density at radius 1 is 1.07 bits per heavy atom. The number of sulfonamides is 1. The van der Waals surface area contributed by atoms with Gasteiger partial charge in [-0.1, -0.05) is 19.1 Å². The Bertz CT molecular complexity index is 913. The zero-order valence-corrected chi connectivity index (χ0v) is 17.1. The number of benzene rings is 2. The van der Waals surface area contributed by atoms with Crippen molar-refractivity contribution < 1.29 is 22.7 Å². The molecule has 8 heteroatoms. The fourth-order valence-electron chi connectivity index (χ4n) is 2.60. The highest BCUT2D eigenvalue weighted by Gasteiger charge is 2.12. The molecule has 2 N–H and O–H groups in total. The second kappa shape index (κ2) is 9.98. The van der Waals surface area contributed by atoms with E-state index >= 15 is 0 Å². The molecule has 0 aliphatic carbocycles. The number of carbonyl (C=O) groups excluding carboxylic acids is 1. The minimum absolute atomic E-state index is 0.0308. The number of rotatable bonds is 10. The van der Waals surface area contributed by atoms with Crippen LogP contribution in [0.5, 0.6) is 11.5 Å². The van der Waals surface area contributed by atoms with Gasteiger partial charge in [0, 0.05) is 17.8 Å².